The topological polar surface area (TPSA) is 35.6 Å². The van der Waals surface area contributed by atoms with Crippen molar-refractivity contribution < 1.29 is 4.79 Å². The van der Waals surface area contributed by atoms with Gasteiger partial charge in [0.1, 0.15) is 0 Å². The summed E-state index contributed by atoms with van der Waals surface area (Å²) in [7, 11) is 4.06. The first kappa shape index (κ1) is 17.9. The first-order valence-electron chi connectivity index (χ1n) is 8.55. The van der Waals surface area contributed by atoms with Gasteiger partial charge in [0.15, 0.2) is 0 Å². The Labute approximate surface area is 154 Å². The van der Waals surface area contributed by atoms with Gasteiger partial charge in [0, 0.05) is 36.8 Å². The molecule has 0 aromatic heterocycles. The van der Waals surface area contributed by atoms with E-state index in [1.165, 1.54) is 0 Å². The highest BCUT2D eigenvalue weighted by atomic mass is 35.5. The summed E-state index contributed by atoms with van der Waals surface area (Å²) < 4.78 is 0. The van der Waals surface area contributed by atoms with E-state index in [9.17, 15) is 4.79 Å². The first-order valence-corrected chi connectivity index (χ1v) is 8.93. The van der Waals surface area contributed by atoms with Crippen LogP contribution in [0.5, 0.6) is 0 Å². The predicted molar refractivity (Wildman–Crippen MR) is 102 cm³/mol. The molecule has 5 heteroatoms. The Hall–Kier alpha value is -1.88. The molecule has 0 radical (unpaired) electrons. The molecule has 1 N–H and O–H groups in total. The minimum atomic E-state index is -0.00236. The van der Waals surface area contributed by atoms with E-state index in [4.69, 9.17) is 11.6 Å². The lowest BCUT2D eigenvalue weighted by atomic mass is 10.0. The van der Waals surface area contributed by atoms with E-state index in [1.54, 1.807) is 0 Å². The molecule has 1 atom stereocenters. The number of hydrogen-bond acceptors (Lipinski definition) is 3. The maximum atomic E-state index is 13.2. The average Bonchev–Trinajstić information content (AvgIpc) is 2.61. The van der Waals surface area contributed by atoms with E-state index in [-0.39, 0.29) is 11.9 Å². The van der Waals surface area contributed by atoms with Crippen LogP contribution in [-0.4, -0.2) is 49.4 Å². The zero-order valence-corrected chi connectivity index (χ0v) is 15.5. The van der Waals surface area contributed by atoms with Crippen molar-refractivity contribution in [1.29, 1.82) is 0 Å². The Morgan fingerprint density at radius 2 is 2.04 bits per heavy atom. The molecule has 1 aliphatic heterocycles. The number of carbonyl (C=O) groups is 1. The van der Waals surface area contributed by atoms with E-state index in [0.29, 0.717) is 11.6 Å². The third kappa shape index (κ3) is 4.40. The van der Waals surface area contributed by atoms with Crippen molar-refractivity contribution >= 4 is 17.5 Å². The van der Waals surface area contributed by atoms with Crippen LogP contribution < -0.4 is 5.32 Å². The Morgan fingerprint density at radius 1 is 1.24 bits per heavy atom. The van der Waals surface area contributed by atoms with Gasteiger partial charge >= 0.3 is 0 Å². The van der Waals surface area contributed by atoms with Crippen molar-refractivity contribution in [1.82, 2.24) is 15.1 Å². The molecule has 1 amide bonds. The molecule has 1 saturated heterocycles. The second kappa shape index (κ2) is 8.00. The summed E-state index contributed by atoms with van der Waals surface area (Å²) in [4.78, 5) is 17.2. The monoisotopic (exact) mass is 357 g/mol. The highest BCUT2D eigenvalue weighted by Crippen LogP contribution is 2.26. The molecule has 3 rings (SSSR count). The van der Waals surface area contributed by atoms with Crippen LogP contribution in [0.25, 0.3) is 0 Å². The van der Waals surface area contributed by atoms with E-state index in [0.717, 1.165) is 36.3 Å². The predicted octanol–water partition coefficient (Wildman–Crippen LogP) is 3.19. The fourth-order valence-electron chi connectivity index (χ4n) is 3.29. The number of rotatable bonds is 4. The second-order valence-electron chi connectivity index (χ2n) is 6.71. The van der Waals surface area contributed by atoms with Crippen LogP contribution in [0.2, 0.25) is 5.02 Å². The Kier molecular flexibility index (Phi) is 5.74. The lowest BCUT2D eigenvalue weighted by Gasteiger charge is -2.36. The van der Waals surface area contributed by atoms with Gasteiger partial charge in [0.25, 0.3) is 5.91 Å². The number of piperazine rings is 1. The van der Waals surface area contributed by atoms with Crippen molar-refractivity contribution in [2.75, 3.05) is 33.7 Å². The van der Waals surface area contributed by atoms with Crippen LogP contribution in [0.3, 0.4) is 0 Å². The highest BCUT2D eigenvalue weighted by molar-refractivity contribution is 6.30. The van der Waals surface area contributed by atoms with Gasteiger partial charge < -0.3 is 15.1 Å². The maximum absolute atomic E-state index is 13.2. The Balaban J connectivity index is 1.86. The summed E-state index contributed by atoms with van der Waals surface area (Å²) in [6, 6.07) is 15.7. The quantitative estimate of drug-likeness (QED) is 0.912. The summed E-state index contributed by atoms with van der Waals surface area (Å²) in [5, 5.41) is 4.08. The van der Waals surface area contributed by atoms with Crippen molar-refractivity contribution in [2.24, 2.45) is 0 Å². The molecule has 2 aromatic carbocycles. The molecule has 4 nitrogen and oxygen atoms in total. The van der Waals surface area contributed by atoms with E-state index >= 15 is 0 Å². The SMILES string of the molecule is CN(C)Cc1cccc(C(=O)N2CCNCC2c2cccc(Cl)c2)c1. The smallest absolute Gasteiger partial charge is 0.254 e. The minimum Gasteiger partial charge on any atom is -0.329 e. The van der Waals surface area contributed by atoms with Gasteiger partial charge in [-0.15, -0.1) is 0 Å². The minimum absolute atomic E-state index is 0.00236. The summed E-state index contributed by atoms with van der Waals surface area (Å²) in [6.07, 6.45) is 0. The van der Waals surface area contributed by atoms with Crippen LogP contribution in [-0.2, 0) is 6.54 Å². The molecule has 0 spiro atoms. The molecular formula is C20H24ClN3O. The van der Waals surface area contributed by atoms with Crippen LogP contribution in [0.1, 0.15) is 27.5 Å². The fourth-order valence-corrected chi connectivity index (χ4v) is 3.49. The fraction of sp³-hybridized carbons (Fsp3) is 0.350. The third-order valence-electron chi connectivity index (χ3n) is 4.41. The average molecular weight is 358 g/mol. The number of carbonyl (C=O) groups excluding carboxylic acids is 1. The van der Waals surface area contributed by atoms with Crippen molar-refractivity contribution in [2.45, 2.75) is 12.6 Å². The number of nitrogens with zero attached hydrogens (tertiary/aromatic N) is 2. The number of amides is 1. The number of benzene rings is 2. The lowest BCUT2D eigenvalue weighted by Crippen LogP contribution is -2.48. The van der Waals surface area contributed by atoms with Crippen LogP contribution in [0, 0.1) is 0 Å². The second-order valence-corrected chi connectivity index (χ2v) is 7.15. The van der Waals surface area contributed by atoms with Gasteiger partial charge in [-0.3, -0.25) is 4.79 Å². The normalized spacial score (nSPS) is 17.8. The molecule has 0 saturated carbocycles. The summed E-state index contributed by atoms with van der Waals surface area (Å²) in [5.41, 5.74) is 2.95. The van der Waals surface area contributed by atoms with E-state index in [1.807, 2.05) is 61.5 Å². The van der Waals surface area contributed by atoms with Gasteiger partial charge in [-0.25, -0.2) is 0 Å². The van der Waals surface area contributed by atoms with Gasteiger partial charge in [-0.2, -0.15) is 0 Å². The zero-order valence-electron chi connectivity index (χ0n) is 14.7. The van der Waals surface area contributed by atoms with E-state index in [2.05, 4.69) is 16.3 Å². The van der Waals surface area contributed by atoms with Crippen molar-refractivity contribution in [3.63, 3.8) is 0 Å². The molecule has 1 heterocycles. The molecule has 0 aliphatic carbocycles. The van der Waals surface area contributed by atoms with Crippen LogP contribution in [0.4, 0.5) is 0 Å². The summed E-state index contributed by atoms with van der Waals surface area (Å²) in [5.74, 6) is 0.0760. The molecule has 2 aromatic rings. The Bertz CT molecular complexity index is 747. The molecule has 0 bridgehead atoms. The zero-order chi connectivity index (χ0) is 17.8. The van der Waals surface area contributed by atoms with Crippen molar-refractivity contribution in [3.05, 3.63) is 70.2 Å². The van der Waals surface area contributed by atoms with Crippen LogP contribution >= 0.6 is 11.6 Å². The maximum Gasteiger partial charge on any atom is 0.254 e. The summed E-state index contributed by atoms with van der Waals surface area (Å²) in [6.45, 7) is 3.05. The molecule has 1 fully saturated rings. The summed E-state index contributed by atoms with van der Waals surface area (Å²) >= 11 is 6.15. The van der Waals surface area contributed by atoms with E-state index < -0.39 is 0 Å². The largest absolute Gasteiger partial charge is 0.329 e. The number of nitrogens with one attached hydrogen (secondary N) is 1. The van der Waals surface area contributed by atoms with Crippen LogP contribution in [0.15, 0.2) is 48.5 Å². The van der Waals surface area contributed by atoms with Crippen molar-refractivity contribution in [3.8, 4) is 0 Å². The van der Waals surface area contributed by atoms with Gasteiger partial charge in [0.05, 0.1) is 6.04 Å². The van der Waals surface area contributed by atoms with Gasteiger partial charge in [0.2, 0.25) is 0 Å². The van der Waals surface area contributed by atoms with Gasteiger partial charge in [-0.05, 0) is 49.5 Å². The molecule has 1 aliphatic rings. The highest BCUT2D eigenvalue weighted by Gasteiger charge is 2.28. The third-order valence-corrected chi connectivity index (χ3v) is 4.65. The Morgan fingerprint density at radius 3 is 2.80 bits per heavy atom. The first-order chi connectivity index (χ1) is 12.0. The lowest BCUT2D eigenvalue weighted by molar-refractivity contribution is 0.0634. The molecule has 132 valence electrons. The molecule has 25 heavy (non-hydrogen) atoms. The number of hydrogen-bond donors (Lipinski definition) is 1. The molecule has 1 unspecified atom stereocenters. The standard InChI is InChI=1S/C20H24ClN3O/c1-23(2)14-15-5-3-7-17(11-15)20(25)24-10-9-22-13-19(24)16-6-4-8-18(21)12-16/h3-8,11-12,19,22H,9-10,13-14H2,1-2H3. The number of halogens is 1. The van der Waals surface area contributed by atoms with Gasteiger partial charge in [-0.1, -0.05) is 35.9 Å². The molecular weight excluding hydrogens is 334 g/mol.